The van der Waals surface area contributed by atoms with Gasteiger partial charge in [-0.3, -0.25) is 10.1 Å². The van der Waals surface area contributed by atoms with Crippen molar-refractivity contribution in [3.8, 4) is 0 Å². The Morgan fingerprint density at radius 2 is 2.22 bits per heavy atom. The van der Waals surface area contributed by atoms with E-state index in [9.17, 15) is 8.42 Å². The molecule has 0 heterocycles. The van der Waals surface area contributed by atoms with Crippen LogP contribution < -0.4 is 10.5 Å². The normalized spacial score (nSPS) is 10.8. The summed E-state index contributed by atoms with van der Waals surface area (Å²) in [6.07, 6.45) is 0. The molecule has 0 rings (SSSR count). The van der Waals surface area contributed by atoms with Crippen molar-refractivity contribution < 1.29 is 8.42 Å². The molecule has 0 aliphatic rings. The number of nitrogens with two attached hydrogens (primary N) is 1. The Morgan fingerprint density at radius 1 is 1.78 bits per heavy atom. The molecule has 4 N–H and O–H groups in total. The molecule has 0 fully saturated rings. The van der Waals surface area contributed by atoms with Crippen LogP contribution in [-0.2, 0) is 10.0 Å². The van der Waals surface area contributed by atoms with Gasteiger partial charge in [-0.15, -0.1) is 0 Å². The Kier molecular flexibility index (Phi) is 2.44. The molecule has 0 aliphatic carbocycles. The highest BCUT2D eigenvalue weighted by Gasteiger charge is 2.04. The van der Waals surface area contributed by atoms with Crippen molar-refractivity contribution in [2.24, 2.45) is 5.73 Å². The third kappa shape index (κ3) is 3.77. The Labute approximate surface area is 53.8 Å². The number of hydrogen-bond acceptors (Lipinski definition) is 3. The lowest BCUT2D eigenvalue weighted by Crippen LogP contribution is -2.36. The van der Waals surface area contributed by atoms with Crippen LogP contribution in [0.4, 0.5) is 0 Å². The first-order chi connectivity index (χ1) is 3.98. The average molecular weight is 150 g/mol. The second-order valence-electron chi connectivity index (χ2n) is 1.33. The van der Waals surface area contributed by atoms with Crippen LogP contribution in [0.25, 0.3) is 0 Å². The van der Waals surface area contributed by atoms with Gasteiger partial charge in [0, 0.05) is 0 Å². The van der Waals surface area contributed by atoms with E-state index in [1.165, 1.54) is 0 Å². The predicted molar refractivity (Wildman–Crippen MR) is 34.2 cm³/mol. The zero-order chi connectivity index (χ0) is 7.49. The van der Waals surface area contributed by atoms with Gasteiger partial charge in [-0.1, -0.05) is 0 Å². The van der Waals surface area contributed by atoms with Crippen molar-refractivity contribution >= 4 is 16.0 Å². The van der Waals surface area contributed by atoms with E-state index < -0.39 is 16.0 Å². The van der Waals surface area contributed by atoms with Crippen LogP contribution in [0.15, 0.2) is 0 Å². The summed E-state index contributed by atoms with van der Waals surface area (Å²) in [7, 11) is -3.43. The maximum absolute atomic E-state index is 10.4. The molecule has 0 saturated carbocycles. The Morgan fingerprint density at radius 3 is 2.33 bits per heavy atom. The summed E-state index contributed by atoms with van der Waals surface area (Å²) >= 11 is 0. The van der Waals surface area contributed by atoms with Crippen molar-refractivity contribution in [1.82, 2.24) is 4.72 Å². The molecule has 0 unspecified atom stereocenters. The fraction of sp³-hybridized carbons (Fsp3) is 0.333. The summed E-state index contributed by atoms with van der Waals surface area (Å²) in [5, 5.41) is 6.51. The van der Waals surface area contributed by atoms with Crippen molar-refractivity contribution in [3.63, 3.8) is 0 Å². The van der Waals surface area contributed by atoms with Gasteiger partial charge in [0.15, 0.2) is 5.96 Å². The zero-order valence-electron chi connectivity index (χ0n) is 4.72. The summed E-state index contributed by atoms with van der Waals surface area (Å²) in [6.45, 7) is 3.11. The molecule has 0 aromatic rings. The van der Waals surface area contributed by atoms with Gasteiger partial charge in [-0.25, -0.2) is 8.42 Å². The van der Waals surface area contributed by atoms with Crippen LogP contribution in [0.3, 0.4) is 0 Å². The molecule has 0 spiro atoms. The SMILES string of the molecule is [CH2]CS(=O)(=O)NC(=N)N. The molecular weight excluding hydrogens is 142 g/mol. The fourth-order valence-corrected chi connectivity index (χ4v) is 0.656. The van der Waals surface area contributed by atoms with Crippen LogP contribution >= 0.6 is 0 Å². The summed E-state index contributed by atoms with van der Waals surface area (Å²) in [4.78, 5) is 0. The lowest BCUT2D eigenvalue weighted by atomic mass is 11.0. The molecule has 0 aliphatic heterocycles. The van der Waals surface area contributed by atoms with E-state index >= 15 is 0 Å². The van der Waals surface area contributed by atoms with Gasteiger partial charge in [0.25, 0.3) is 0 Å². The molecule has 0 saturated heterocycles. The highest BCUT2D eigenvalue weighted by Crippen LogP contribution is 1.77. The van der Waals surface area contributed by atoms with Gasteiger partial charge in [0.1, 0.15) is 0 Å². The molecule has 0 bridgehead atoms. The van der Waals surface area contributed by atoms with E-state index in [0.29, 0.717) is 0 Å². The molecule has 0 aromatic carbocycles. The van der Waals surface area contributed by atoms with Crippen LogP contribution in [-0.4, -0.2) is 20.1 Å². The second-order valence-corrected chi connectivity index (χ2v) is 3.18. The van der Waals surface area contributed by atoms with Crippen LogP contribution in [0.1, 0.15) is 0 Å². The third-order valence-electron chi connectivity index (χ3n) is 0.534. The summed E-state index contributed by atoms with van der Waals surface area (Å²) in [5.74, 6) is -0.897. The van der Waals surface area contributed by atoms with Gasteiger partial charge in [-0.2, -0.15) is 0 Å². The summed E-state index contributed by atoms with van der Waals surface area (Å²) in [5.41, 5.74) is 4.72. The molecule has 5 nitrogen and oxygen atoms in total. The van der Waals surface area contributed by atoms with E-state index in [1.807, 2.05) is 0 Å². The molecule has 0 atom stereocenters. The first-order valence-corrected chi connectivity index (χ1v) is 3.77. The van der Waals surface area contributed by atoms with Crippen LogP contribution in [0.5, 0.6) is 0 Å². The lowest BCUT2D eigenvalue weighted by molar-refractivity contribution is 0.595. The highest BCUT2D eigenvalue weighted by molar-refractivity contribution is 7.90. The number of guanidine groups is 1. The quantitative estimate of drug-likeness (QED) is 0.335. The van der Waals surface area contributed by atoms with E-state index in [-0.39, 0.29) is 5.75 Å². The summed E-state index contributed by atoms with van der Waals surface area (Å²) in [6, 6.07) is 0. The van der Waals surface area contributed by atoms with Crippen molar-refractivity contribution in [2.75, 3.05) is 5.75 Å². The van der Waals surface area contributed by atoms with Crippen LogP contribution in [0, 0.1) is 12.3 Å². The van der Waals surface area contributed by atoms with Gasteiger partial charge < -0.3 is 5.73 Å². The minimum absolute atomic E-state index is 0.313. The largest absolute Gasteiger partial charge is 0.369 e. The van der Waals surface area contributed by atoms with E-state index in [4.69, 9.17) is 11.1 Å². The molecule has 0 aromatic heterocycles. The Hall–Kier alpha value is -0.780. The standard InChI is InChI=1S/C3H8N3O2S/c1-2-9(7,8)6-3(4)5/h1-2H2,(H4,4,5,6). The maximum atomic E-state index is 10.4. The van der Waals surface area contributed by atoms with Gasteiger partial charge in [-0.05, 0) is 6.92 Å². The Balaban J connectivity index is 4.06. The highest BCUT2D eigenvalue weighted by atomic mass is 32.2. The number of hydrogen-bond donors (Lipinski definition) is 3. The van der Waals surface area contributed by atoms with E-state index in [0.717, 1.165) is 0 Å². The molecule has 0 amide bonds. The first-order valence-electron chi connectivity index (χ1n) is 2.11. The topological polar surface area (TPSA) is 96.0 Å². The van der Waals surface area contributed by atoms with E-state index in [1.54, 1.807) is 4.72 Å². The maximum Gasteiger partial charge on any atom is 0.234 e. The molecule has 9 heavy (non-hydrogen) atoms. The van der Waals surface area contributed by atoms with Gasteiger partial charge >= 0.3 is 0 Å². The van der Waals surface area contributed by atoms with Crippen molar-refractivity contribution in [3.05, 3.63) is 6.92 Å². The first kappa shape index (κ1) is 8.22. The average Bonchev–Trinajstić information content (AvgIpc) is 1.63. The molecular formula is C3H8N3O2S. The molecule has 6 heteroatoms. The Bertz CT molecular complexity index is 195. The van der Waals surface area contributed by atoms with Crippen molar-refractivity contribution in [1.29, 1.82) is 5.41 Å². The fourth-order valence-electron chi connectivity index (χ4n) is 0.219. The predicted octanol–water partition coefficient (Wildman–Crippen LogP) is -1.37. The number of sulfonamides is 1. The zero-order valence-corrected chi connectivity index (χ0v) is 5.53. The lowest BCUT2D eigenvalue weighted by Gasteiger charge is -2.00. The molecule has 53 valence electrons. The minimum atomic E-state index is -3.43. The van der Waals surface area contributed by atoms with Gasteiger partial charge in [0.05, 0.1) is 5.75 Å². The monoisotopic (exact) mass is 150 g/mol. The van der Waals surface area contributed by atoms with E-state index in [2.05, 4.69) is 6.92 Å². The summed E-state index contributed by atoms with van der Waals surface area (Å²) < 4.78 is 22.6. The van der Waals surface area contributed by atoms with Gasteiger partial charge in [0.2, 0.25) is 10.0 Å². The number of rotatable bonds is 2. The third-order valence-corrected chi connectivity index (χ3v) is 1.60. The van der Waals surface area contributed by atoms with Crippen LogP contribution in [0.2, 0.25) is 0 Å². The smallest absolute Gasteiger partial charge is 0.234 e. The second kappa shape index (κ2) is 2.67. The minimum Gasteiger partial charge on any atom is -0.369 e. The number of nitrogens with one attached hydrogen (secondary N) is 2. The molecule has 1 radical (unpaired) electrons. The van der Waals surface area contributed by atoms with Crippen molar-refractivity contribution in [2.45, 2.75) is 0 Å².